The molecule has 0 bridgehead atoms. The number of fused-ring (bicyclic) bond motifs is 5. The first-order chi connectivity index (χ1) is 12.5. The fourth-order valence-corrected chi connectivity index (χ4v) is 5.33. The molecule has 2 heterocycles. The van der Waals surface area contributed by atoms with Gasteiger partial charge in [-0.2, -0.15) is 0 Å². The summed E-state index contributed by atoms with van der Waals surface area (Å²) >= 11 is 0. The Morgan fingerprint density at radius 3 is 2.88 bits per heavy atom. The van der Waals surface area contributed by atoms with Crippen LogP contribution >= 0.6 is 0 Å². The van der Waals surface area contributed by atoms with Crippen LogP contribution in [0.15, 0.2) is 17.7 Å². The smallest absolute Gasteiger partial charge is 0.129 e. The van der Waals surface area contributed by atoms with Gasteiger partial charge in [-0.15, -0.1) is 0 Å². The Labute approximate surface area is 159 Å². The van der Waals surface area contributed by atoms with E-state index in [4.69, 9.17) is 9.47 Å². The van der Waals surface area contributed by atoms with E-state index in [2.05, 4.69) is 39.8 Å². The zero-order chi connectivity index (χ0) is 18.3. The van der Waals surface area contributed by atoms with Crippen LogP contribution in [0, 0.1) is 5.92 Å². The molecule has 2 heteroatoms. The minimum atomic E-state index is -0.113. The van der Waals surface area contributed by atoms with E-state index < -0.39 is 0 Å². The largest absolute Gasteiger partial charge is 0.493 e. The molecule has 0 amide bonds. The molecule has 2 atom stereocenters. The molecular formula is C24H34O2. The van der Waals surface area contributed by atoms with E-state index in [9.17, 15) is 0 Å². The monoisotopic (exact) mass is 354 g/mol. The minimum Gasteiger partial charge on any atom is -0.493 e. The molecule has 2 nitrogen and oxygen atoms in total. The van der Waals surface area contributed by atoms with Crippen molar-refractivity contribution in [3.63, 3.8) is 0 Å². The van der Waals surface area contributed by atoms with Gasteiger partial charge >= 0.3 is 0 Å². The predicted octanol–water partition coefficient (Wildman–Crippen LogP) is 6.36. The molecule has 3 aliphatic rings. The molecule has 1 aromatic rings. The van der Waals surface area contributed by atoms with Gasteiger partial charge in [0.25, 0.3) is 0 Å². The van der Waals surface area contributed by atoms with Crippen molar-refractivity contribution in [3.8, 4) is 11.5 Å². The average Bonchev–Trinajstić information content (AvgIpc) is 2.61. The molecule has 1 aliphatic carbocycles. The number of aryl methyl sites for hydroxylation is 1. The van der Waals surface area contributed by atoms with Crippen molar-refractivity contribution in [2.24, 2.45) is 5.92 Å². The summed E-state index contributed by atoms with van der Waals surface area (Å²) in [7, 11) is 0. The SMILES string of the molecule is CCCCCc1cc2c(c3c1CCCO3)C1CC(C)=CC[C@H]1C(C)(C)O2. The van der Waals surface area contributed by atoms with Gasteiger partial charge in [0.2, 0.25) is 0 Å². The third-order valence-corrected chi connectivity index (χ3v) is 6.73. The Morgan fingerprint density at radius 2 is 2.08 bits per heavy atom. The van der Waals surface area contributed by atoms with Gasteiger partial charge in [0.15, 0.2) is 0 Å². The standard InChI is InChI=1S/C24H34O2/c1-5-6-7-9-17-15-21-22(23-18(17)10-8-13-25-23)19-14-16(2)11-12-20(19)24(3,4)26-21/h11,15,19-20H,5-10,12-14H2,1-4H3/t19?,20-/m1/s1. The summed E-state index contributed by atoms with van der Waals surface area (Å²) in [6.45, 7) is 9.96. The number of hydrogen-bond donors (Lipinski definition) is 0. The molecule has 4 rings (SSSR count). The van der Waals surface area contributed by atoms with Crippen molar-refractivity contribution in [2.75, 3.05) is 6.61 Å². The summed E-state index contributed by atoms with van der Waals surface area (Å²) in [5.41, 5.74) is 5.75. The number of ether oxygens (including phenoxy) is 2. The molecule has 2 aliphatic heterocycles. The van der Waals surface area contributed by atoms with Gasteiger partial charge in [-0.3, -0.25) is 0 Å². The topological polar surface area (TPSA) is 18.5 Å². The van der Waals surface area contributed by atoms with Gasteiger partial charge in [0.1, 0.15) is 17.1 Å². The van der Waals surface area contributed by atoms with Crippen molar-refractivity contribution in [1.82, 2.24) is 0 Å². The molecule has 1 aromatic carbocycles. The summed E-state index contributed by atoms with van der Waals surface area (Å²) in [4.78, 5) is 0. The van der Waals surface area contributed by atoms with E-state index in [0.29, 0.717) is 11.8 Å². The summed E-state index contributed by atoms with van der Waals surface area (Å²) in [6.07, 6.45) is 12.0. The minimum absolute atomic E-state index is 0.113. The number of benzene rings is 1. The van der Waals surface area contributed by atoms with E-state index in [-0.39, 0.29) is 5.60 Å². The van der Waals surface area contributed by atoms with Crippen molar-refractivity contribution >= 4 is 0 Å². The lowest BCUT2D eigenvalue weighted by atomic mass is 9.66. The van der Waals surface area contributed by atoms with Gasteiger partial charge in [-0.1, -0.05) is 31.4 Å². The van der Waals surface area contributed by atoms with Crippen LogP contribution in [-0.4, -0.2) is 12.2 Å². The van der Waals surface area contributed by atoms with Crippen molar-refractivity contribution < 1.29 is 9.47 Å². The van der Waals surface area contributed by atoms with E-state index in [1.54, 1.807) is 0 Å². The fourth-order valence-electron chi connectivity index (χ4n) is 5.33. The van der Waals surface area contributed by atoms with Crippen molar-refractivity contribution in [2.45, 2.75) is 90.6 Å². The highest BCUT2D eigenvalue weighted by atomic mass is 16.5. The first-order valence-electron chi connectivity index (χ1n) is 10.7. The highest BCUT2D eigenvalue weighted by molar-refractivity contribution is 5.59. The first-order valence-corrected chi connectivity index (χ1v) is 10.7. The van der Waals surface area contributed by atoms with E-state index in [0.717, 1.165) is 38.0 Å². The van der Waals surface area contributed by atoms with Crippen LogP contribution in [0.1, 0.15) is 88.8 Å². The molecule has 0 N–H and O–H groups in total. The first kappa shape index (κ1) is 17.9. The number of rotatable bonds is 4. The quantitative estimate of drug-likeness (QED) is 0.463. The van der Waals surface area contributed by atoms with E-state index >= 15 is 0 Å². The van der Waals surface area contributed by atoms with E-state index in [1.165, 1.54) is 53.7 Å². The number of hydrogen-bond acceptors (Lipinski definition) is 2. The van der Waals surface area contributed by atoms with Crippen LogP contribution in [0.5, 0.6) is 11.5 Å². The third kappa shape index (κ3) is 3.06. The van der Waals surface area contributed by atoms with Crippen LogP contribution < -0.4 is 9.47 Å². The highest BCUT2D eigenvalue weighted by Gasteiger charge is 2.46. The lowest BCUT2D eigenvalue weighted by Gasteiger charge is -2.48. The van der Waals surface area contributed by atoms with Gasteiger partial charge < -0.3 is 9.47 Å². The maximum atomic E-state index is 6.63. The second-order valence-corrected chi connectivity index (χ2v) is 9.07. The molecule has 0 spiro atoms. The van der Waals surface area contributed by atoms with Crippen molar-refractivity contribution in [1.29, 1.82) is 0 Å². The summed E-state index contributed by atoms with van der Waals surface area (Å²) in [5, 5.41) is 0. The van der Waals surface area contributed by atoms with Gasteiger partial charge in [0, 0.05) is 17.4 Å². The van der Waals surface area contributed by atoms with Crippen LogP contribution in [0.2, 0.25) is 0 Å². The van der Waals surface area contributed by atoms with Crippen molar-refractivity contribution in [3.05, 3.63) is 34.4 Å². The predicted molar refractivity (Wildman–Crippen MR) is 107 cm³/mol. The Bertz CT molecular complexity index is 713. The average molecular weight is 355 g/mol. The second kappa shape index (κ2) is 6.94. The Balaban J connectivity index is 1.81. The zero-order valence-electron chi connectivity index (χ0n) is 17.0. The summed E-state index contributed by atoms with van der Waals surface area (Å²) in [5.74, 6) is 3.38. The molecule has 142 valence electrons. The fraction of sp³-hybridized carbons (Fsp3) is 0.667. The normalized spacial score (nSPS) is 25.9. The van der Waals surface area contributed by atoms with Gasteiger partial charge in [-0.25, -0.2) is 0 Å². The molecule has 0 saturated heterocycles. The molecule has 0 saturated carbocycles. The van der Waals surface area contributed by atoms with Crippen LogP contribution in [-0.2, 0) is 12.8 Å². The number of unbranched alkanes of at least 4 members (excludes halogenated alkanes) is 2. The second-order valence-electron chi connectivity index (χ2n) is 9.07. The molecule has 1 unspecified atom stereocenters. The molecule has 26 heavy (non-hydrogen) atoms. The van der Waals surface area contributed by atoms with Crippen LogP contribution in [0.4, 0.5) is 0 Å². The summed E-state index contributed by atoms with van der Waals surface area (Å²) < 4.78 is 12.9. The molecule has 0 fully saturated rings. The maximum absolute atomic E-state index is 6.63. The summed E-state index contributed by atoms with van der Waals surface area (Å²) in [6, 6.07) is 2.38. The van der Waals surface area contributed by atoms with Crippen LogP contribution in [0.25, 0.3) is 0 Å². The van der Waals surface area contributed by atoms with Crippen LogP contribution in [0.3, 0.4) is 0 Å². The lowest BCUT2D eigenvalue weighted by molar-refractivity contribution is 0.00694. The molecule has 0 aromatic heterocycles. The van der Waals surface area contributed by atoms with Gasteiger partial charge in [-0.05, 0) is 76.5 Å². The Morgan fingerprint density at radius 1 is 1.23 bits per heavy atom. The molecular weight excluding hydrogens is 320 g/mol. The highest BCUT2D eigenvalue weighted by Crippen LogP contribution is 2.56. The maximum Gasteiger partial charge on any atom is 0.129 e. The molecule has 0 radical (unpaired) electrons. The van der Waals surface area contributed by atoms with E-state index in [1.807, 2.05) is 0 Å². The number of allylic oxidation sites excluding steroid dienone is 2. The Kier molecular flexibility index (Phi) is 4.79. The zero-order valence-corrected chi connectivity index (χ0v) is 17.0. The third-order valence-electron chi connectivity index (χ3n) is 6.73. The van der Waals surface area contributed by atoms with Gasteiger partial charge in [0.05, 0.1) is 6.61 Å². The lowest BCUT2D eigenvalue weighted by Crippen LogP contribution is -2.45. The Hall–Kier alpha value is -1.44.